The van der Waals surface area contributed by atoms with Crippen molar-refractivity contribution in [2.75, 3.05) is 13.6 Å². The lowest BCUT2D eigenvalue weighted by molar-refractivity contribution is -0.139. The third-order valence-electron chi connectivity index (χ3n) is 5.38. The number of carbonyl (C=O) groups excluding carboxylic acids is 3. The Bertz CT molecular complexity index is 470. The van der Waals surface area contributed by atoms with Crippen LogP contribution in [0.3, 0.4) is 0 Å². The maximum atomic E-state index is 12.8. The van der Waals surface area contributed by atoms with Crippen LogP contribution in [0.2, 0.25) is 0 Å². The summed E-state index contributed by atoms with van der Waals surface area (Å²) in [6.45, 7) is 4.64. The number of hydrogen-bond acceptors (Lipinski definition) is 4. The molecule has 1 fully saturated rings. The Labute approximate surface area is 156 Å². The van der Waals surface area contributed by atoms with E-state index in [2.05, 4.69) is 5.32 Å². The quantitative estimate of drug-likeness (QED) is 0.523. The lowest BCUT2D eigenvalue weighted by Crippen LogP contribution is -2.52. The fourth-order valence-corrected chi connectivity index (χ4v) is 3.34. The highest BCUT2D eigenvalue weighted by Gasteiger charge is 2.31. The molecule has 0 saturated carbocycles. The normalized spacial score (nSPS) is 25.2. The first-order valence-corrected chi connectivity index (χ1v) is 9.89. The van der Waals surface area contributed by atoms with Crippen LogP contribution >= 0.6 is 0 Å². The number of likely N-dealkylation sites (N-methyl/N-ethyl adjacent to an activating group) is 1. The number of nitrogens with one attached hydrogen (secondary N) is 2. The minimum absolute atomic E-state index is 0.00845. The van der Waals surface area contributed by atoms with Crippen molar-refractivity contribution in [2.24, 2.45) is 11.8 Å². The van der Waals surface area contributed by atoms with Crippen LogP contribution in [0.1, 0.15) is 71.6 Å². The van der Waals surface area contributed by atoms with Gasteiger partial charge in [-0.3, -0.25) is 19.6 Å². The first-order valence-electron chi connectivity index (χ1n) is 9.89. The third kappa shape index (κ3) is 7.32. The van der Waals surface area contributed by atoms with E-state index in [1.807, 2.05) is 13.8 Å². The Morgan fingerprint density at radius 2 is 1.85 bits per heavy atom. The van der Waals surface area contributed by atoms with Gasteiger partial charge in [-0.2, -0.15) is 0 Å². The topological polar surface area (TPSA) is 98.7 Å². The first-order chi connectivity index (χ1) is 12.4. The highest BCUT2D eigenvalue weighted by atomic mass is 16.5. The number of nitrogens with zero attached hydrogens (tertiary/aromatic N) is 1. The molecule has 3 atom stereocenters. The zero-order valence-electron chi connectivity index (χ0n) is 16.4. The number of hydrogen-bond donors (Lipinski definition) is 3. The van der Waals surface area contributed by atoms with Crippen molar-refractivity contribution in [3.05, 3.63) is 0 Å². The second-order valence-electron chi connectivity index (χ2n) is 7.48. The van der Waals surface area contributed by atoms with Gasteiger partial charge in [0.2, 0.25) is 17.7 Å². The second-order valence-corrected chi connectivity index (χ2v) is 7.48. The van der Waals surface area contributed by atoms with Crippen LogP contribution in [-0.2, 0) is 14.4 Å². The maximum Gasteiger partial charge on any atom is 0.245 e. The van der Waals surface area contributed by atoms with E-state index in [-0.39, 0.29) is 24.2 Å². The van der Waals surface area contributed by atoms with Crippen molar-refractivity contribution in [3.8, 4) is 0 Å². The van der Waals surface area contributed by atoms with Gasteiger partial charge in [-0.1, -0.05) is 52.4 Å². The molecule has 1 heterocycles. The Morgan fingerprint density at radius 1 is 1.23 bits per heavy atom. The minimum Gasteiger partial charge on any atom is -0.344 e. The van der Waals surface area contributed by atoms with E-state index in [1.165, 1.54) is 0 Å². The summed E-state index contributed by atoms with van der Waals surface area (Å²) in [5.74, 6) is -1.45. The molecule has 3 amide bonds. The van der Waals surface area contributed by atoms with E-state index < -0.39 is 17.9 Å². The lowest BCUT2D eigenvalue weighted by atomic mass is 9.93. The van der Waals surface area contributed by atoms with E-state index in [4.69, 9.17) is 5.21 Å². The standard InChI is InChI=1S/C19H35N3O4/c1-4-14(2)17-19(25)22(3)12-10-8-6-5-7-9-11-15(18(24)20-17)13-16(23)21-26/h14-15,17,26H,4-13H2,1-3H3,(H,20,24)(H,21,23)/t14-,15?,17?/m0/s1. The maximum absolute atomic E-state index is 12.8. The molecule has 2 unspecified atom stereocenters. The van der Waals surface area contributed by atoms with Crippen molar-refractivity contribution in [2.45, 2.75) is 77.7 Å². The summed E-state index contributed by atoms with van der Waals surface area (Å²) < 4.78 is 0. The van der Waals surface area contributed by atoms with Crippen LogP contribution in [0.4, 0.5) is 0 Å². The van der Waals surface area contributed by atoms with Crippen LogP contribution in [0.25, 0.3) is 0 Å². The van der Waals surface area contributed by atoms with Crippen molar-refractivity contribution in [3.63, 3.8) is 0 Å². The van der Waals surface area contributed by atoms with Crippen molar-refractivity contribution in [1.82, 2.24) is 15.7 Å². The summed E-state index contributed by atoms with van der Waals surface area (Å²) in [4.78, 5) is 38.9. The summed E-state index contributed by atoms with van der Waals surface area (Å²) in [6, 6.07) is -0.583. The van der Waals surface area contributed by atoms with Gasteiger partial charge in [-0.15, -0.1) is 0 Å². The van der Waals surface area contributed by atoms with Crippen LogP contribution in [0.15, 0.2) is 0 Å². The Kier molecular flexibility index (Phi) is 10.2. The third-order valence-corrected chi connectivity index (χ3v) is 5.38. The summed E-state index contributed by atoms with van der Waals surface area (Å²) in [5, 5.41) is 11.7. The largest absolute Gasteiger partial charge is 0.344 e. The molecule has 0 aromatic carbocycles. The first kappa shape index (κ1) is 22.4. The highest BCUT2D eigenvalue weighted by molar-refractivity contribution is 5.90. The summed E-state index contributed by atoms with van der Waals surface area (Å²) >= 11 is 0. The molecule has 0 spiro atoms. The molecular formula is C19H35N3O4. The molecule has 150 valence electrons. The van der Waals surface area contributed by atoms with Crippen LogP contribution < -0.4 is 10.8 Å². The van der Waals surface area contributed by atoms with Gasteiger partial charge in [-0.05, 0) is 18.8 Å². The molecule has 3 N–H and O–H groups in total. The van der Waals surface area contributed by atoms with Gasteiger partial charge in [0.1, 0.15) is 6.04 Å². The predicted molar refractivity (Wildman–Crippen MR) is 99.4 cm³/mol. The van der Waals surface area contributed by atoms with E-state index in [0.29, 0.717) is 13.0 Å². The molecule has 0 aromatic rings. The number of rotatable bonds is 4. The van der Waals surface area contributed by atoms with E-state index in [0.717, 1.165) is 44.9 Å². The zero-order chi connectivity index (χ0) is 19.5. The minimum atomic E-state index is -0.583. The van der Waals surface area contributed by atoms with E-state index >= 15 is 0 Å². The second kappa shape index (κ2) is 11.9. The predicted octanol–water partition coefficient (Wildman–Crippen LogP) is 2.23. The van der Waals surface area contributed by atoms with Crippen LogP contribution in [-0.4, -0.2) is 47.5 Å². The van der Waals surface area contributed by atoms with E-state index in [9.17, 15) is 14.4 Å². The van der Waals surface area contributed by atoms with Gasteiger partial charge >= 0.3 is 0 Å². The summed E-state index contributed by atoms with van der Waals surface area (Å²) in [5.41, 5.74) is 1.60. The number of amides is 3. The smallest absolute Gasteiger partial charge is 0.245 e. The SMILES string of the molecule is CC[C@H](C)C1NC(=O)C(CC(=O)NO)CCCCCCCCN(C)C1=O. The Hall–Kier alpha value is -1.63. The molecule has 0 aromatic heterocycles. The van der Waals surface area contributed by atoms with Crippen molar-refractivity contribution >= 4 is 17.7 Å². The van der Waals surface area contributed by atoms with Gasteiger partial charge in [0, 0.05) is 25.9 Å². The summed E-state index contributed by atoms with van der Waals surface area (Å²) in [7, 11) is 1.78. The Morgan fingerprint density at radius 3 is 2.46 bits per heavy atom. The van der Waals surface area contributed by atoms with Crippen LogP contribution in [0.5, 0.6) is 0 Å². The molecule has 1 aliphatic heterocycles. The Balaban J connectivity index is 2.95. The molecule has 0 bridgehead atoms. The highest BCUT2D eigenvalue weighted by Crippen LogP contribution is 2.19. The molecule has 7 heteroatoms. The van der Waals surface area contributed by atoms with Crippen LogP contribution in [0, 0.1) is 11.8 Å². The molecular weight excluding hydrogens is 334 g/mol. The molecule has 26 heavy (non-hydrogen) atoms. The summed E-state index contributed by atoms with van der Waals surface area (Å²) in [6.07, 6.45) is 7.44. The molecule has 1 saturated heterocycles. The van der Waals surface area contributed by atoms with Gasteiger partial charge in [0.25, 0.3) is 0 Å². The number of hydroxylamine groups is 1. The average molecular weight is 370 g/mol. The van der Waals surface area contributed by atoms with Gasteiger partial charge < -0.3 is 10.2 Å². The fourth-order valence-electron chi connectivity index (χ4n) is 3.34. The van der Waals surface area contributed by atoms with E-state index in [1.54, 1.807) is 17.4 Å². The monoisotopic (exact) mass is 369 g/mol. The lowest BCUT2D eigenvalue weighted by Gasteiger charge is -2.30. The van der Waals surface area contributed by atoms with Gasteiger partial charge in [-0.25, -0.2) is 5.48 Å². The molecule has 7 nitrogen and oxygen atoms in total. The molecule has 0 aliphatic carbocycles. The number of carbonyl (C=O) groups is 3. The van der Waals surface area contributed by atoms with Gasteiger partial charge in [0.05, 0.1) is 0 Å². The molecule has 1 aliphatic rings. The fraction of sp³-hybridized carbons (Fsp3) is 0.842. The van der Waals surface area contributed by atoms with Crippen molar-refractivity contribution < 1.29 is 19.6 Å². The molecule has 1 rings (SSSR count). The average Bonchev–Trinajstić information content (AvgIpc) is 2.64. The van der Waals surface area contributed by atoms with Gasteiger partial charge in [0.15, 0.2) is 0 Å². The van der Waals surface area contributed by atoms with Crippen molar-refractivity contribution in [1.29, 1.82) is 0 Å². The molecule has 0 radical (unpaired) electrons. The zero-order valence-corrected chi connectivity index (χ0v) is 16.4.